The second-order valence-corrected chi connectivity index (χ2v) is 7.18. The Hall–Kier alpha value is -0.870. The van der Waals surface area contributed by atoms with Crippen LogP contribution >= 0.6 is 24.0 Å². The van der Waals surface area contributed by atoms with E-state index in [1.807, 2.05) is 30.3 Å². The quantitative estimate of drug-likeness (QED) is 0.427. The normalized spacial score (nSPS) is 20.2. The molecule has 22 heavy (non-hydrogen) atoms. The van der Waals surface area contributed by atoms with E-state index < -0.39 is 10.0 Å². The summed E-state index contributed by atoms with van der Waals surface area (Å²) in [5, 5.41) is 2.99. The number of nitrogens with two attached hydrogens (primary N) is 1. The van der Waals surface area contributed by atoms with Crippen molar-refractivity contribution >= 4 is 45.6 Å². The van der Waals surface area contributed by atoms with Gasteiger partial charge in [-0.2, -0.15) is 4.31 Å². The SMILES string of the molecule is CS(=O)(=O)N1CCCCC1CN=C(N)Nc1ccccc1.I. The summed E-state index contributed by atoms with van der Waals surface area (Å²) >= 11 is 0. The maximum atomic E-state index is 11.8. The fourth-order valence-corrected chi connectivity index (χ4v) is 3.68. The Balaban J connectivity index is 0.00000242. The molecule has 2 rings (SSSR count). The maximum absolute atomic E-state index is 11.8. The summed E-state index contributed by atoms with van der Waals surface area (Å²) in [7, 11) is -3.18. The van der Waals surface area contributed by atoms with Gasteiger partial charge in [0.15, 0.2) is 5.96 Å². The molecule has 1 fully saturated rings. The largest absolute Gasteiger partial charge is 0.370 e. The minimum Gasteiger partial charge on any atom is -0.370 e. The van der Waals surface area contributed by atoms with Crippen molar-refractivity contribution in [2.24, 2.45) is 10.7 Å². The zero-order valence-electron chi connectivity index (χ0n) is 12.6. The van der Waals surface area contributed by atoms with Gasteiger partial charge in [0.1, 0.15) is 0 Å². The second-order valence-electron chi connectivity index (χ2n) is 5.24. The van der Waals surface area contributed by atoms with Crippen molar-refractivity contribution in [3.63, 3.8) is 0 Å². The molecule has 8 heteroatoms. The predicted molar refractivity (Wildman–Crippen MR) is 101 cm³/mol. The highest BCUT2D eigenvalue weighted by atomic mass is 127. The van der Waals surface area contributed by atoms with Crippen molar-refractivity contribution in [1.29, 1.82) is 0 Å². The van der Waals surface area contributed by atoms with E-state index in [0.29, 0.717) is 19.0 Å². The smallest absolute Gasteiger partial charge is 0.211 e. The first kappa shape index (κ1) is 19.2. The van der Waals surface area contributed by atoms with E-state index in [-0.39, 0.29) is 30.0 Å². The Labute approximate surface area is 149 Å². The average molecular weight is 438 g/mol. The van der Waals surface area contributed by atoms with Gasteiger partial charge in [0.2, 0.25) is 10.0 Å². The zero-order valence-corrected chi connectivity index (χ0v) is 15.8. The summed E-state index contributed by atoms with van der Waals surface area (Å²) in [6.07, 6.45) is 4.01. The maximum Gasteiger partial charge on any atom is 0.211 e. The van der Waals surface area contributed by atoms with Crippen LogP contribution in [0.25, 0.3) is 0 Å². The highest BCUT2D eigenvalue weighted by Crippen LogP contribution is 2.20. The summed E-state index contributed by atoms with van der Waals surface area (Å²) < 4.78 is 25.1. The van der Waals surface area contributed by atoms with Crippen LogP contribution in [0.2, 0.25) is 0 Å². The molecule has 1 heterocycles. The zero-order chi connectivity index (χ0) is 15.3. The van der Waals surface area contributed by atoms with Crippen LogP contribution in [0.15, 0.2) is 35.3 Å². The van der Waals surface area contributed by atoms with Gasteiger partial charge in [-0.3, -0.25) is 4.99 Å². The number of guanidine groups is 1. The van der Waals surface area contributed by atoms with E-state index in [0.717, 1.165) is 24.9 Å². The van der Waals surface area contributed by atoms with Gasteiger partial charge in [0.25, 0.3) is 0 Å². The van der Waals surface area contributed by atoms with Crippen LogP contribution < -0.4 is 11.1 Å². The molecule has 1 aromatic rings. The highest BCUT2D eigenvalue weighted by Gasteiger charge is 2.28. The molecule has 1 atom stereocenters. The molecule has 1 aliphatic rings. The third-order valence-electron chi connectivity index (χ3n) is 3.52. The molecule has 1 saturated heterocycles. The molecule has 0 radical (unpaired) electrons. The number of sulfonamides is 1. The van der Waals surface area contributed by atoms with Gasteiger partial charge < -0.3 is 11.1 Å². The predicted octanol–water partition coefficient (Wildman–Crippen LogP) is 1.85. The van der Waals surface area contributed by atoms with E-state index in [1.165, 1.54) is 10.6 Å². The number of aliphatic imine (C=N–C) groups is 1. The van der Waals surface area contributed by atoms with Crippen molar-refractivity contribution in [3.8, 4) is 0 Å². The number of rotatable bonds is 4. The van der Waals surface area contributed by atoms with Crippen LogP contribution in [-0.2, 0) is 10.0 Å². The number of nitrogens with zero attached hydrogens (tertiary/aromatic N) is 2. The van der Waals surface area contributed by atoms with Crippen LogP contribution in [0, 0.1) is 0 Å². The number of nitrogens with one attached hydrogen (secondary N) is 1. The molecule has 1 unspecified atom stereocenters. The monoisotopic (exact) mass is 438 g/mol. The fraction of sp³-hybridized carbons (Fsp3) is 0.500. The Bertz CT molecular complexity index is 592. The molecular weight excluding hydrogens is 415 g/mol. The van der Waals surface area contributed by atoms with E-state index >= 15 is 0 Å². The third kappa shape index (κ3) is 5.73. The molecule has 0 aromatic heterocycles. The van der Waals surface area contributed by atoms with Crippen LogP contribution in [0.1, 0.15) is 19.3 Å². The van der Waals surface area contributed by atoms with Gasteiger partial charge in [-0.1, -0.05) is 24.6 Å². The Morgan fingerprint density at radius 3 is 2.68 bits per heavy atom. The molecule has 1 aromatic carbocycles. The lowest BCUT2D eigenvalue weighted by atomic mass is 10.1. The molecule has 6 nitrogen and oxygen atoms in total. The molecule has 0 saturated carbocycles. The topological polar surface area (TPSA) is 87.8 Å². The van der Waals surface area contributed by atoms with Gasteiger partial charge in [-0.15, -0.1) is 24.0 Å². The van der Waals surface area contributed by atoms with E-state index in [1.54, 1.807) is 0 Å². The summed E-state index contributed by atoms with van der Waals surface area (Å²) in [6, 6.07) is 9.43. The second kappa shape index (κ2) is 8.68. The van der Waals surface area contributed by atoms with Crippen LogP contribution in [0.5, 0.6) is 0 Å². The number of hydrogen-bond acceptors (Lipinski definition) is 3. The molecule has 0 aliphatic carbocycles. The third-order valence-corrected chi connectivity index (χ3v) is 4.85. The highest BCUT2D eigenvalue weighted by molar-refractivity contribution is 14.0. The standard InChI is InChI=1S/C14H22N4O2S.HI/c1-21(19,20)18-10-6-5-9-13(18)11-16-14(15)17-12-7-3-2-4-8-12;/h2-4,7-8,13H,5-6,9-11H2,1H3,(H3,15,16,17);1H. The number of benzene rings is 1. The number of piperidine rings is 1. The first-order valence-corrected chi connectivity index (χ1v) is 8.90. The summed E-state index contributed by atoms with van der Waals surface area (Å²) in [5.74, 6) is 0.306. The summed E-state index contributed by atoms with van der Waals surface area (Å²) in [5.41, 5.74) is 6.71. The van der Waals surface area contributed by atoms with Crippen LogP contribution in [-0.4, -0.2) is 44.1 Å². The van der Waals surface area contributed by atoms with Crippen molar-refractivity contribution in [3.05, 3.63) is 30.3 Å². The van der Waals surface area contributed by atoms with Crippen molar-refractivity contribution in [2.45, 2.75) is 25.3 Å². The van der Waals surface area contributed by atoms with Gasteiger partial charge in [-0.05, 0) is 25.0 Å². The molecule has 0 bridgehead atoms. The molecule has 0 amide bonds. The van der Waals surface area contributed by atoms with Crippen molar-refractivity contribution in [1.82, 2.24) is 4.31 Å². The molecule has 0 spiro atoms. The summed E-state index contributed by atoms with van der Waals surface area (Å²) in [6.45, 7) is 0.962. The van der Waals surface area contributed by atoms with Gasteiger partial charge in [0, 0.05) is 18.3 Å². The lowest BCUT2D eigenvalue weighted by molar-refractivity contribution is 0.259. The van der Waals surface area contributed by atoms with E-state index in [9.17, 15) is 8.42 Å². The van der Waals surface area contributed by atoms with Crippen LogP contribution in [0.4, 0.5) is 5.69 Å². The Morgan fingerprint density at radius 1 is 1.36 bits per heavy atom. The minimum atomic E-state index is -3.18. The number of halogens is 1. The van der Waals surface area contributed by atoms with E-state index in [4.69, 9.17) is 5.73 Å². The average Bonchev–Trinajstić information content (AvgIpc) is 2.45. The number of anilines is 1. The molecule has 1 aliphatic heterocycles. The first-order valence-electron chi connectivity index (χ1n) is 7.05. The fourth-order valence-electron chi connectivity index (χ4n) is 2.51. The number of hydrogen-bond donors (Lipinski definition) is 2. The lowest BCUT2D eigenvalue weighted by Crippen LogP contribution is -2.45. The Morgan fingerprint density at radius 2 is 2.05 bits per heavy atom. The van der Waals surface area contributed by atoms with Crippen LogP contribution in [0.3, 0.4) is 0 Å². The minimum absolute atomic E-state index is 0. The van der Waals surface area contributed by atoms with Gasteiger partial charge in [0.05, 0.1) is 12.8 Å². The van der Waals surface area contributed by atoms with Gasteiger partial charge >= 0.3 is 0 Å². The van der Waals surface area contributed by atoms with Crippen molar-refractivity contribution < 1.29 is 8.42 Å². The number of para-hydroxylation sites is 1. The molecule has 3 N–H and O–H groups in total. The lowest BCUT2D eigenvalue weighted by Gasteiger charge is -2.32. The first-order chi connectivity index (χ1) is 9.97. The summed E-state index contributed by atoms with van der Waals surface area (Å²) in [4.78, 5) is 4.28. The van der Waals surface area contributed by atoms with E-state index in [2.05, 4.69) is 10.3 Å². The molecular formula is C14H23IN4O2S. The van der Waals surface area contributed by atoms with Crippen molar-refractivity contribution in [2.75, 3.05) is 24.7 Å². The Kier molecular flexibility index (Phi) is 7.57. The molecule has 124 valence electrons. The van der Waals surface area contributed by atoms with Gasteiger partial charge in [-0.25, -0.2) is 8.42 Å².